The van der Waals surface area contributed by atoms with E-state index in [4.69, 9.17) is 5.11 Å². The first-order valence-electron chi connectivity index (χ1n) is 4.01. The molecule has 6 heteroatoms. The molecule has 76 valence electrons. The molecule has 0 spiro atoms. The first-order chi connectivity index (χ1) is 7.09. The molecule has 0 radical (unpaired) electrons. The van der Waals surface area contributed by atoms with Crippen LogP contribution in [0.4, 0.5) is 0 Å². The molecular formula is C9H5BrN2O3. The van der Waals surface area contributed by atoms with E-state index < -0.39 is 11.5 Å². The highest BCUT2D eigenvalue weighted by Gasteiger charge is 2.08. The smallest absolute Gasteiger partial charge is 0.335 e. The fourth-order valence-corrected chi connectivity index (χ4v) is 1.70. The van der Waals surface area contributed by atoms with Crippen LogP contribution in [-0.2, 0) is 0 Å². The summed E-state index contributed by atoms with van der Waals surface area (Å²) < 4.78 is 0.481. The average Bonchev–Trinajstić information content (AvgIpc) is 2.23. The third-order valence-electron chi connectivity index (χ3n) is 1.99. The van der Waals surface area contributed by atoms with Crippen molar-refractivity contribution in [2.45, 2.75) is 0 Å². The van der Waals surface area contributed by atoms with Crippen molar-refractivity contribution in [3.05, 3.63) is 38.7 Å². The van der Waals surface area contributed by atoms with E-state index in [1.807, 2.05) is 0 Å². The van der Waals surface area contributed by atoms with Crippen LogP contribution in [-0.4, -0.2) is 21.3 Å². The summed E-state index contributed by atoms with van der Waals surface area (Å²) in [5, 5.41) is 15.6. The lowest BCUT2D eigenvalue weighted by Gasteiger charge is -1.99. The molecular weight excluding hydrogens is 264 g/mol. The number of aromatic carboxylic acids is 1. The first-order valence-corrected chi connectivity index (χ1v) is 4.80. The summed E-state index contributed by atoms with van der Waals surface area (Å²) in [7, 11) is 0. The van der Waals surface area contributed by atoms with Crippen molar-refractivity contribution >= 4 is 32.7 Å². The van der Waals surface area contributed by atoms with Crippen LogP contribution in [0.2, 0.25) is 0 Å². The molecule has 2 rings (SSSR count). The van der Waals surface area contributed by atoms with Crippen molar-refractivity contribution in [2.24, 2.45) is 0 Å². The molecule has 1 heterocycles. The topological polar surface area (TPSA) is 83.0 Å². The van der Waals surface area contributed by atoms with Gasteiger partial charge in [-0.15, -0.1) is 0 Å². The number of nitrogens with one attached hydrogen (secondary N) is 1. The summed E-state index contributed by atoms with van der Waals surface area (Å²) in [6, 6.07) is 4.30. The van der Waals surface area contributed by atoms with Gasteiger partial charge in [0.1, 0.15) is 4.60 Å². The second-order valence-electron chi connectivity index (χ2n) is 2.91. The average molecular weight is 269 g/mol. The Morgan fingerprint density at radius 1 is 1.40 bits per heavy atom. The molecule has 0 unspecified atom stereocenters. The number of aromatic amines is 1. The number of fused-ring (bicyclic) bond motifs is 1. The zero-order valence-electron chi connectivity index (χ0n) is 7.32. The molecule has 0 bridgehead atoms. The van der Waals surface area contributed by atoms with Gasteiger partial charge in [0.05, 0.1) is 10.9 Å². The quantitative estimate of drug-likeness (QED) is 0.819. The number of aromatic nitrogens is 2. The van der Waals surface area contributed by atoms with Crippen LogP contribution in [0, 0.1) is 0 Å². The minimum absolute atomic E-state index is 0.0751. The Balaban J connectivity index is 2.87. The second-order valence-corrected chi connectivity index (χ2v) is 3.66. The van der Waals surface area contributed by atoms with Crippen molar-refractivity contribution in [3.63, 3.8) is 0 Å². The largest absolute Gasteiger partial charge is 0.478 e. The third-order valence-corrected chi connectivity index (χ3v) is 2.59. The minimum atomic E-state index is -1.07. The zero-order chi connectivity index (χ0) is 11.0. The lowest BCUT2D eigenvalue weighted by molar-refractivity contribution is 0.0697. The van der Waals surface area contributed by atoms with Crippen LogP contribution >= 0.6 is 15.9 Å². The standard InChI is InChI=1S/C9H5BrN2O3/c10-7-5-2-1-4(9(14)15)3-6(5)8(13)12-11-7/h1-3H,(H,12,13)(H,14,15). The fourth-order valence-electron chi connectivity index (χ4n) is 1.27. The molecule has 0 aliphatic carbocycles. The van der Waals surface area contributed by atoms with E-state index in [0.717, 1.165) is 0 Å². The van der Waals surface area contributed by atoms with Gasteiger partial charge in [0, 0.05) is 5.39 Å². The Labute approximate surface area is 91.9 Å². The monoisotopic (exact) mass is 268 g/mol. The fraction of sp³-hybridized carbons (Fsp3) is 0. The van der Waals surface area contributed by atoms with E-state index in [2.05, 4.69) is 26.1 Å². The predicted molar refractivity (Wildman–Crippen MR) is 57.0 cm³/mol. The molecule has 0 amide bonds. The van der Waals surface area contributed by atoms with Gasteiger partial charge in [-0.25, -0.2) is 9.89 Å². The van der Waals surface area contributed by atoms with Crippen LogP contribution in [0.1, 0.15) is 10.4 Å². The van der Waals surface area contributed by atoms with Gasteiger partial charge in [-0.3, -0.25) is 4.79 Å². The number of carboxylic acid groups (broad SMARTS) is 1. The van der Waals surface area contributed by atoms with E-state index in [0.29, 0.717) is 15.4 Å². The van der Waals surface area contributed by atoms with E-state index in [1.54, 1.807) is 6.07 Å². The lowest BCUT2D eigenvalue weighted by Crippen LogP contribution is -2.09. The maximum atomic E-state index is 11.4. The number of benzene rings is 1. The van der Waals surface area contributed by atoms with E-state index in [1.165, 1.54) is 12.1 Å². The zero-order valence-corrected chi connectivity index (χ0v) is 8.91. The summed E-state index contributed by atoms with van der Waals surface area (Å²) >= 11 is 3.16. The molecule has 0 aliphatic heterocycles. The molecule has 0 atom stereocenters. The number of rotatable bonds is 1. The normalized spacial score (nSPS) is 10.5. The Morgan fingerprint density at radius 2 is 2.13 bits per heavy atom. The molecule has 1 aromatic carbocycles. The Morgan fingerprint density at radius 3 is 2.80 bits per heavy atom. The predicted octanol–water partition coefficient (Wildman–Crippen LogP) is 1.38. The summed E-state index contributed by atoms with van der Waals surface area (Å²) in [6.45, 7) is 0. The number of halogens is 1. The molecule has 0 aliphatic rings. The van der Waals surface area contributed by atoms with E-state index in [-0.39, 0.29) is 5.56 Å². The van der Waals surface area contributed by atoms with Crippen molar-refractivity contribution in [2.75, 3.05) is 0 Å². The third kappa shape index (κ3) is 1.63. The summed E-state index contributed by atoms with van der Waals surface area (Å²) in [5.41, 5.74) is -0.331. The SMILES string of the molecule is O=C(O)c1ccc2c(Br)n[nH]c(=O)c2c1. The van der Waals surface area contributed by atoms with Gasteiger partial charge in [-0.05, 0) is 28.1 Å². The summed E-state index contributed by atoms with van der Waals surface area (Å²) in [6.07, 6.45) is 0. The van der Waals surface area contributed by atoms with Crippen LogP contribution < -0.4 is 5.56 Å². The van der Waals surface area contributed by atoms with Gasteiger partial charge >= 0.3 is 5.97 Å². The Bertz CT molecular complexity index is 606. The highest BCUT2D eigenvalue weighted by atomic mass is 79.9. The van der Waals surface area contributed by atoms with Crippen LogP contribution in [0.15, 0.2) is 27.6 Å². The van der Waals surface area contributed by atoms with Crippen molar-refractivity contribution in [1.82, 2.24) is 10.2 Å². The van der Waals surface area contributed by atoms with Gasteiger partial charge in [0.2, 0.25) is 0 Å². The van der Waals surface area contributed by atoms with Crippen LogP contribution in [0.3, 0.4) is 0 Å². The number of hydrogen-bond acceptors (Lipinski definition) is 3. The number of H-pyrrole nitrogens is 1. The molecule has 0 fully saturated rings. The lowest BCUT2D eigenvalue weighted by atomic mass is 10.1. The van der Waals surface area contributed by atoms with Gasteiger partial charge in [0.25, 0.3) is 5.56 Å². The molecule has 0 saturated heterocycles. The Kier molecular flexibility index (Phi) is 2.28. The number of nitrogens with zero attached hydrogens (tertiary/aromatic N) is 1. The summed E-state index contributed by atoms with van der Waals surface area (Å²) in [4.78, 5) is 22.1. The molecule has 0 saturated carbocycles. The number of carbonyl (C=O) groups is 1. The maximum absolute atomic E-state index is 11.4. The van der Waals surface area contributed by atoms with Crippen LogP contribution in [0.5, 0.6) is 0 Å². The van der Waals surface area contributed by atoms with Gasteiger partial charge in [-0.2, -0.15) is 5.10 Å². The van der Waals surface area contributed by atoms with Crippen molar-refractivity contribution in [3.8, 4) is 0 Å². The maximum Gasteiger partial charge on any atom is 0.335 e. The molecule has 2 aromatic rings. The molecule has 15 heavy (non-hydrogen) atoms. The Hall–Kier alpha value is -1.69. The molecule has 5 nitrogen and oxygen atoms in total. The minimum Gasteiger partial charge on any atom is -0.478 e. The molecule has 1 aromatic heterocycles. The number of hydrogen-bond donors (Lipinski definition) is 2. The number of carboxylic acids is 1. The van der Waals surface area contributed by atoms with E-state index >= 15 is 0 Å². The van der Waals surface area contributed by atoms with Gasteiger partial charge in [0.15, 0.2) is 0 Å². The highest BCUT2D eigenvalue weighted by Crippen LogP contribution is 2.19. The van der Waals surface area contributed by atoms with E-state index in [9.17, 15) is 9.59 Å². The van der Waals surface area contributed by atoms with Gasteiger partial charge < -0.3 is 5.11 Å². The second kappa shape index (κ2) is 3.47. The van der Waals surface area contributed by atoms with Crippen molar-refractivity contribution < 1.29 is 9.90 Å². The molecule has 2 N–H and O–H groups in total. The van der Waals surface area contributed by atoms with Crippen molar-refractivity contribution in [1.29, 1.82) is 0 Å². The van der Waals surface area contributed by atoms with Crippen LogP contribution in [0.25, 0.3) is 10.8 Å². The first kappa shape index (κ1) is 9.85. The van der Waals surface area contributed by atoms with Gasteiger partial charge in [-0.1, -0.05) is 6.07 Å². The highest BCUT2D eigenvalue weighted by molar-refractivity contribution is 9.10. The summed E-state index contributed by atoms with van der Waals surface area (Å²) in [5.74, 6) is -1.07.